The summed E-state index contributed by atoms with van der Waals surface area (Å²) in [6.45, 7) is 6.39. The summed E-state index contributed by atoms with van der Waals surface area (Å²) in [5.74, 6) is 0.928. The van der Waals surface area contributed by atoms with Crippen molar-refractivity contribution in [2.45, 2.75) is 32.9 Å². The molecule has 0 saturated carbocycles. The molecule has 1 aromatic carbocycles. The van der Waals surface area contributed by atoms with Crippen molar-refractivity contribution in [3.63, 3.8) is 0 Å². The first-order chi connectivity index (χ1) is 9.11. The van der Waals surface area contributed by atoms with Crippen LogP contribution in [0.3, 0.4) is 0 Å². The molecule has 102 valence electrons. The maximum atomic E-state index is 5.44. The molecule has 2 atom stereocenters. The Bertz CT molecular complexity index is 525. The van der Waals surface area contributed by atoms with E-state index in [2.05, 4.69) is 43.2 Å². The van der Waals surface area contributed by atoms with Crippen molar-refractivity contribution < 1.29 is 4.74 Å². The monoisotopic (exact) mass is 276 g/mol. The van der Waals surface area contributed by atoms with Crippen LogP contribution < -0.4 is 10.1 Å². The van der Waals surface area contributed by atoms with Gasteiger partial charge < -0.3 is 10.1 Å². The van der Waals surface area contributed by atoms with Gasteiger partial charge in [-0.05, 0) is 26.8 Å². The molecule has 0 radical (unpaired) electrons. The summed E-state index contributed by atoms with van der Waals surface area (Å²) >= 11 is 1.68. The Balaban J connectivity index is 2.15. The number of nitrogens with one attached hydrogen (secondary N) is 1. The maximum absolute atomic E-state index is 5.44. The SMILES string of the molecule is COc1ccc(C)cc1C(C)NC(C)c1nccs1. The molecule has 2 aromatic rings. The van der Waals surface area contributed by atoms with Gasteiger partial charge in [0.2, 0.25) is 0 Å². The van der Waals surface area contributed by atoms with E-state index in [4.69, 9.17) is 4.74 Å². The molecule has 0 aliphatic heterocycles. The van der Waals surface area contributed by atoms with Gasteiger partial charge in [0, 0.05) is 23.2 Å². The Morgan fingerprint density at radius 1 is 1.26 bits per heavy atom. The number of nitrogens with zero attached hydrogens (tertiary/aromatic N) is 1. The van der Waals surface area contributed by atoms with Crippen molar-refractivity contribution in [1.29, 1.82) is 0 Å². The van der Waals surface area contributed by atoms with Crippen LogP contribution >= 0.6 is 11.3 Å². The van der Waals surface area contributed by atoms with Gasteiger partial charge in [0.15, 0.2) is 0 Å². The fourth-order valence-electron chi connectivity index (χ4n) is 2.18. The molecule has 2 unspecified atom stereocenters. The summed E-state index contributed by atoms with van der Waals surface area (Å²) in [5, 5.41) is 6.68. The van der Waals surface area contributed by atoms with Gasteiger partial charge in [0.25, 0.3) is 0 Å². The minimum absolute atomic E-state index is 0.216. The molecule has 1 heterocycles. The van der Waals surface area contributed by atoms with Crippen LogP contribution in [0.5, 0.6) is 5.75 Å². The van der Waals surface area contributed by atoms with Gasteiger partial charge in [0.1, 0.15) is 10.8 Å². The predicted molar refractivity (Wildman–Crippen MR) is 79.8 cm³/mol. The molecule has 3 nitrogen and oxygen atoms in total. The molecule has 1 N–H and O–H groups in total. The van der Waals surface area contributed by atoms with Crippen LogP contribution in [0.15, 0.2) is 29.8 Å². The van der Waals surface area contributed by atoms with Crippen LogP contribution in [0.2, 0.25) is 0 Å². The molecule has 1 aromatic heterocycles. The summed E-state index contributed by atoms with van der Waals surface area (Å²) in [5.41, 5.74) is 2.43. The van der Waals surface area contributed by atoms with E-state index >= 15 is 0 Å². The topological polar surface area (TPSA) is 34.1 Å². The molecule has 2 rings (SSSR count). The standard InChI is InChI=1S/C15H20N2OS/c1-10-5-6-14(18-4)13(9-10)11(2)17-12(3)15-16-7-8-19-15/h5-9,11-12,17H,1-4H3. The Morgan fingerprint density at radius 2 is 2.05 bits per heavy atom. The van der Waals surface area contributed by atoms with Gasteiger partial charge in [-0.3, -0.25) is 0 Å². The first kappa shape index (κ1) is 14.0. The average Bonchev–Trinajstić information content (AvgIpc) is 2.92. The fourth-order valence-corrected chi connectivity index (χ4v) is 2.83. The van der Waals surface area contributed by atoms with Crippen molar-refractivity contribution in [3.05, 3.63) is 45.9 Å². The van der Waals surface area contributed by atoms with Gasteiger partial charge in [-0.1, -0.05) is 17.7 Å². The Hall–Kier alpha value is -1.39. The molecule has 0 bridgehead atoms. The number of thiazole rings is 1. The number of hydrogen-bond acceptors (Lipinski definition) is 4. The third-order valence-corrected chi connectivity index (χ3v) is 4.13. The van der Waals surface area contributed by atoms with Crippen LogP contribution in [0, 0.1) is 6.92 Å². The second kappa shape index (κ2) is 6.17. The van der Waals surface area contributed by atoms with Gasteiger partial charge >= 0.3 is 0 Å². The zero-order valence-corrected chi connectivity index (χ0v) is 12.6. The Labute approximate surface area is 118 Å². The largest absolute Gasteiger partial charge is 0.496 e. The number of benzene rings is 1. The summed E-state index contributed by atoms with van der Waals surface area (Å²) in [7, 11) is 1.71. The normalized spacial score (nSPS) is 14.1. The van der Waals surface area contributed by atoms with Crippen LogP contribution in [0.25, 0.3) is 0 Å². The lowest BCUT2D eigenvalue weighted by Gasteiger charge is -2.21. The van der Waals surface area contributed by atoms with E-state index in [1.54, 1.807) is 18.4 Å². The number of hydrogen-bond donors (Lipinski definition) is 1. The molecule has 0 fully saturated rings. The van der Waals surface area contributed by atoms with Crippen LogP contribution in [0.4, 0.5) is 0 Å². The van der Waals surface area contributed by atoms with E-state index in [9.17, 15) is 0 Å². The van der Waals surface area contributed by atoms with Crippen molar-refractivity contribution in [3.8, 4) is 5.75 Å². The summed E-state index contributed by atoms with van der Waals surface area (Å²) in [6, 6.07) is 6.72. The highest BCUT2D eigenvalue weighted by Crippen LogP contribution is 2.28. The second-order valence-corrected chi connectivity index (χ2v) is 5.65. The van der Waals surface area contributed by atoms with Crippen molar-refractivity contribution in [2.75, 3.05) is 7.11 Å². The lowest BCUT2D eigenvalue weighted by molar-refractivity contribution is 0.396. The van der Waals surface area contributed by atoms with E-state index in [0.29, 0.717) is 0 Å². The molecule has 0 saturated heterocycles. The number of aryl methyl sites for hydroxylation is 1. The van der Waals surface area contributed by atoms with E-state index in [1.807, 2.05) is 17.6 Å². The first-order valence-corrected chi connectivity index (χ1v) is 7.29. The Morgan fingerprint density at radius 3 is 2.68 bits per heavy atom. The predicted octanol–water partition coefficient (Wildman–Crippen LogP) is 3.87. The van der Waals surface area contributed by atoms with Crippen LogP contribution in [-0.2, 0) is 0 Å². The van der Waals surface area contributed by atoms with E-state index in [1.165, 1.54) is 11.1 Å². The lowest BCUT2D eigenvalue weighted by Crippen LogP contribution is -2.22. The molecule has 19 heavy (non-hydrogen) atoms. The molecular weight excluding hydrogens is 256 g/mol. The number of methoxy groups -OCH3 is 1. The van der Waals surface area contributed by atoms with Crippen LogP contribution in [-0.4, -0.2) is 12.1 Å². The fraction of sp³-hybridized carbons (Fsp3) is 0.400. The lowest BCUT2D eigenvalue weighted by atomic mass is 10.0. The average molecular weight is 276 g/mol. The summed E-state index contributed by atoms with van der Waals surface area (Å²) in [4.78, 5) is 4.35. The van der Waals surface area contributed by atoms with Gasteiger partial charge in [-0.2, -0.15) is 0 Å². The van der Waals surface area contributed by atoms with Crippen molar-refractivity contribution >= 4 is 11.3 Å². The van der Waals surface area contributed by atoms with E-state index in [0.717, 1.165) is 10.8 Å². The highest BCUT2D eigenvalue weighted by molar-refractivity contribution is 7.09. The van der Waals surface area contributed by atoms with Crippen molar-refractivity contribution in [2.24, 2.45) is 0 Å². The van der Waals surface area contributed by atoms with E-state index in [-0.39, 0.29) is 12.1 Å². The van der Waals surface area contributed by atoms with Gasteiger partial charge in [0.05, 0.1) is 13.2 Å². The minimum Gasteiger partial charge on any atom is -0.496 e. The molecule has 0 aliphatic rings. The Kier molecular flexibility index (Phi) is 4.56. The smallest absolute Gasteiger partial charge is 0.123 e. The van der Waals surface area contributed by atoms with Gasteiger partial charge in [-0.25, -0.2) is 4.98 Å². The molecule has 0 spiro atoms. The molecule has 0 amide bonds. The third-order valence-electron chi connectivity index (χ3n) is 3.17. The number of rotatable bonds is 5. The number of aromatic nitrogens is 1. The first-order valence-electron chi connectivity index (χ1n) is 6.41. The molecular formula is C15H20N2OS. The molecule has 0 aliphatic carbocycles. The quantitative estimate of drug-likeness (QED) is 0.900. The minimum atomic E-state index is 0.216. The summed E-state index contributed by atoms with van der Waals surface area (Å²) < 4.78 is 5.44. The van der Waals surface area contributed by atoms with Crippen LogP contribution in [0.1, 0.15) is 42.1 Å². The third kappa shape index (κ3) is 3.33. The highest BCUT2D eigenvalue weighted by atomic mass is 32.1. The summed E-state index contributed by atoms with van der Waals surface area (Å²) in [6.07, 6.45) is 1.84. The van der Waals surface area contributed by atoms with Crippen molar-refractivity contribution in [1.82, 2.24) is 10.3 Å². The zero-order valence-electron chi connectivity index (χ0n) is 11.8. The second-order valence-electron chi connectivity index (χ2n) is 4.73. The van der Waals surface area contributed by atoms with Gasteiger partial charge in [-0.15, -0.1) is 11.3 Å². The maximum Gasteiger partial charge on any atom is 0.123 e. The number of ether oxygens (including phenoxy) is 1. The highest BCUT2D eigenvalue weighted by Gasteiger charge is 2.16. The zero-order chi connectivity index (χ0) is 13.8. The van der Waals surface area contributed by atoms with E-state index < -0.39 is 0 Å². The molecule has 4 heteroatoms.